The van der Waals surface area contributed by atoms with Crippen LogP contribution in [0.5, 0.6) is 0 Å². The predicted octanol–water partition coefficient (Wildman–Crippen LogP) is 3.85. The van der Waals surface area contributed by atoms with Gasteiger partial charge in [0.1, 0.15) is 6.04 Å². The third-order valence-corrected chi connectivity index (χ3v) is 6.33. The highest BCUT2D eigenvalue weighted by Gasteiger charge is 2.46. The summed E-state index contributed by atoms with van der Waals surface area (Å²) in [7, 11) is 1.39. The predicted molar refractivity (Wildman–Crippen MR) is 127 cm³/mol. The number of esters is 2. The van der Waals surface area contributed by atoms with Crippen molar-refractivity contribution in [2.45, 2.75) is 103 Å². The molecule has 1 unspecified atom stereocenters. The van der Waals surface area contributed by atoms with Gasteiger partial charge in [-0.3, -0.25) is 19.2 Å². The number of carbonyl (C=O) groups is 4. The molecule has 1 fully saturated rings. The number of hydrogen-bond acceptors (Lipinski definition) is 7. The van der Waals surface area contributed by atoms with Crippen molar-refractivity contribution < 1.29 is 41.8 Å². The molecule has 8 nitrogen and oxygen atoms in total. The van der Waals surface area contributed by atoms with Gasteiger partial charge in [-0.15, -0.1) is 0 Å². The number of ether oxygens (including phenoxy) is 2. The number of carbonyl (C=O) groups excluding carboxylic acids is 4. The maximum atomic E-state index is 12.9. The second-order valence-electron chi connectivity index (χ2n) is 9.59. The van der Waals surface area contributed by atoms with Gasteiger partial charge in [-0.2, -0.15) is 13.2 Å². The second kappa shape index (κ2) is 16.6. The first-order valence-corrected chi connectivity index (χ1v) is 12.9. The molecule has 208 valence electrons. The van der Waals surface area contributed by atoms with Crippen LogP contribution in [0.2, 0.25) is 0 Å². The normalized spacial score (nSPS) is 18.6. The minimum Gasteiger partial charge on any atom is -0.469 e. The SMILES string of the molecule is COC(=O)CCCCCCCCCCCOC(=O)[C@H]1CCN[C@@H]1C(=O)NC(C(=O)C(F)(F)F)C(C)C. The van der Waals surface area contributed by atoms with Gasteiger partial charge < -0.3 is 20.1 Å². The molecule has 0 aromatic heterocycles. The first kappa shape index (κ1) is 31.9. The second-order valence-corrected chi connectivity index (χ2v) is 9.59. The number of halogens is 3. The van der Waals surface area contributed by atoms with Crippen molar-refractivity contribution in [3.63, 3.8) is 0 Å². The van der Waals surface area contributed by atoms with Gasteiger partial charge in [-0.1, -0.05) is 58.8 Å². The largest absolute Gasteiger partial charge is 0.469 e. The number of hydrogen-bond donors (Lipinski definition) is 2. The fourth-order valence-corrected chi connectivity index (χ4v) is 4.18. The van der Waals surface area contributed by atoms with Gasteiger partial charge in [0.15, 0.2) is 0 Å². The van der Waals surface area contributed by atoms with E-state index in [9.17, 15) is 32.3 Å². The third-order valence-electron chi connectivity index (χ3n) is 6.33. The van der Waals surface area contributed by atoms with E-state index < -0.39 is 47.8 Å². The Morgan fingerprint density at radius 1 is 0.944 bits per heavy atom. The Morgan fingerprint density at radius 3 is 2.03 bits per heavy atom. The maximum Gasteiger partial charge on any atom is 0.452 e. The minimum absolute atomic E-state index is 0.170. The lowest BCUT2D eigenvalue weighted by molar-refractivity contribution is -0.175. The van der Waals surface area contributed by atoms with Crippen LogP contribution in [0.4, 0.5) is 13.2 Å². The Kier molecular flexibility index (Phi) is 14.6. The van der Waals surface area contributed by atoms with Gasteiger partial charge in [-0.05, 0) is 31.7 Å². The number of ketones is 1. The van der Waals surface area contributed by atoms with Crippen molar-refractivity contribution in [3.05, 3.63) is 0 Å². The fraction of sp³-hybridized carbons (Fsp3) is 0.840. The van der Waals surface area contributed by atoms with Crippen LogP contribution < -0.4 is 10.6 Å². The average Bonchev–Trinajstić information content (AvgIpc) is 3.31. The molecule has 1 amide bonds. The highest BCUT2D eigenvalue weighted by molar-refractivity contribution is 5.95. The summed E-state index contributed by atoms with van der Waals surface area (Å²) in [4.78, 5) is 47.8. The molecular formula is C25H41F3N2O6. The van der Waals surface area contributed by atoms with Crippen molar-refractivity contribution in [1.82, 2.24) is 10.6 Å². The Bertz CT molecular complexity index is 714. The van der Waals surface area contributed by atoms with Crippen LogP contribution in [0.25, 0.3) is 0 Å². The van der Waals surface area contributed by atoms with Gasteiger partial charge in [0.2, 0.25) is 5.91 Å². The molecule has 36 heavy (non-hydrogen) atoms. The Hall–Kier alpha value is -2.17. The van der Waals surface area contributed by atoms with Crippen LogP contribution >= 0.6 is 0 Å². The number of unbranched alkanes of at least 4 members (excludes halogenated alkanes) is 8. The molecule has 3 atom stereocenters. The van der Waals surface area contributed by atoms with E-state index in [4.69, 9.17) is 4.74 Å². The third kappa shape index (κ3) is 11.7. The summed E-state index contributed by atoms with van der Waals surface area (Å²) >= 11 is 0. The van der Waals surface area contributed by atoms with Crippen molar-refractivity contribution in [2.24, 2.45) is 11.8 Å². The summed E-state index contributed by atoms with van der Waals surface area (Å²) < 4.78 is 48.5. The number of amides is 1. The number of Topliss-reactive ketones (excluding diaryl/α,β-unsaturated/α-hetero) is 1. The van der Waals surface area contributed by atoms with Gasteiger partial charge >= 0.3 is 18.1 Å². The molecule has 1 heterocycles. The molecule has 1 aliphatic rings. The number of rotatable bonds is 17. The lowest BCUT2D eigenvalue weighted by Crippen LogP contribution is -2.55. The molecule has 1 saturated heterocycles. The monoisotopic (exact) mass is 522 g/mol. The fourth-order valence-electron chi connectivity index (χ4n) is 4.18. The van der Waals surface area contributed by atoms with Gasteiger partial charge in [0, 0.05) is 6.42 Å². The number of alkyl halides is 3. The van der Waals surface area contributed by atoms with Crippen LogP contribution in [0, 0.1) is 11.8 Å². The molecular weight excluding hydrogens is 481 g/mol. The topological polar surface area (TPSA) is 111 Å². The zero-order chi connectivity index (χ0) is 27.1. The highest BCUT2D eigenvalue weighted by Crippen LogP contribution is 2.23. The molecule has 0 aliphatic carbocycles. The first-order chi connectivity index (χ1) is 17.0. The zero-order valence-electron chi connectivity index (χ0n) is 21.6. The van der Waals surface area contributed by atoms with Gasteiger partial charge in [0.25, 0.3) is 5.78 Å². The molecule has 11 heteroatoms. The average molecular weight is 523 g/mol. The lowest BCUT2D eigenvalue weighted by atomic mass is 9.96. The quantitative estimate of drug-likeness (QED) is 0.220. The van der Waals surface area contributed by atoms with Crippen molar-refractivity contribution in [1.29, 1.82) is 0 Å². The Labute approximate surface area is 211 Å². The maximum absolute atomic E-state index is 12.9. The van der Waals surface area contributed by atoms with E-state index in [1.807, 2.05) is 0 Å². The van der Waals surface area contributed by atoms with E-state index in [0.717, 1.165) is 51.4 Å². The van der Waals surface area contributed by atoms with E-state index in [1.165, 1.54) is 21.0 Å². The zero-order valence-corrected chi connectivity index (χ0v) is 21.6. The molecule has 2 N–H and O–H groups in total. The molecule has 0 bridgehead atoms. The molecule has 0 aromatic carbocycles. The summed E-state index contributed by atoms with van der Waals surface area (Å²) in [6.45, 7) is 3.39. The number of nitrogens with one attached hydrogen (secondary N) is 2. The Balaban J connectivity index is 2.26. The summed E-state index contributed by atoms with van der Waals surface area (Å²) in [5.74, 6) is -5.12. The Morgan fingerprint density at radius 2 is 1.50 bits per heavy atom. The van der Waals surface area contributed by atoms with Crippen molar-refractivity contribution >= 4 is 23.6 Å². The molecule has 1 aliphatic heterocycles. The van der Waals surface area contributed by atoms with E-state index in [0.29, 0.717) is 25.8 Å². The lowest BCUT2D eigenvalue weighted by Gasteiger charge is -2.25. The van der Waals surface area contributed by atoms with Crippen molar-refractivity contribution in [3.8, 4) is 0 Å². The molecule has 1 rings (SSSR count). The highest BCUT2D eigenvalue weighted by atomic mass is 19.4. The smallest absolute Gasteiger partial charge is 0.452 e. The van der Waals surface area contributed by atoms with Crippen LogP contribution in [0.1, 0.15) is 84.5 Å². The standard InChI is InChI=1S/C25H41F3N2O6/c1-17(2)20(22(32)25(26,27)28)30-23(33)21-18(14-15-29-21)24(34)36-16-12-10-8-6-4-5-7-9-11-13-19(31)35-3/h17-18,20-21,29H,4-16H2,1-3H3,(H,30,33)/t18-,20?,21-/m0/s1. The van der Waals surface area contributed by atoms with E-state index >= 15 is 0 Å². The van der Waals surface area contributed by atoms with Crippen LogP contribution in [-0.2, 0) is 28.7 Å². The van der Waals surface area contributed by atoms with Gasteiger partial charge in [-0.25, -0.2) is 0 Å². The summed E-state index contributed by atoms with van der Waals surface area (Å²) in [5.41, 5.74) is 0. The summed E-state index contributed by atoms with van der Waals surface area (Å²) in [6, 6.07) is -2.75. The number of methoxy groups -OCH3 is 1. The molecule has 0 radical (unpaired) electrons. The van der Waals surface area contributed by atoms with E-state index in [-0.39, 0.29) is 12.6 Å². The van der Waals surface area contributed by atoms with Crippen LogP contribution in [0.15, 0.2) is 0 Å². The minimum atomic E-state index is -5.06. The van der Waals surface area contributed by atoms with Gasteiger partial charge in [0.05, 0.1) is 25.7 Å². The summed E-state index contributed by atoms with van der Waals surface area (Å²) in [6.07, 6.45) is 4.58. The van der Waals surface area contributed by atoms with E-state index in [1.54, 1.807) is 0 Å². The van der Waals surface area contributed by atoms with Crippen molar-refractivity contribution in [2.75, 3.05) is 20.3 Å². The first-order valence-electron chi connectivity index (χ1n) is 12.9. The van der Waals surface area contributed by atoms with Crippen LogP contribution in [-0.4, -0.2) is 62.2 Å². The van der Waals surface area contributed by atoms with Crippen LogP contribution in [0.3, 0.4) is 0 Å². The summed E-state index contributed by atoms with van der Waals surface area (Å²) in [5, 5.41) is 5.00. The molecule has 0 saturated carbocycles. The molecule has 0 aromatic rings. The molecule has 0 spiro atoms. The van der Waals surface area contributed by atoms with E-state index in [2.05, 4.69) is 15.4 Å².